The number of para-hydroxylation sites is 1. The first kappa shape index (κ1) is 16.3. The standard InChI is InChI=1S/C17H24N2O3/c1-14(20)18(2)15-8-11-19(12-9-15)17(21)10-13-22-16-6-4-3-5-7-16/h3-7,15H,8-13H2,1-2H3. The number of nitrogens with zero attached hydrogens (tertiary/aromatic N) is 2. The first-order valence-corrected chi connectivity index (χ1v) is 7.77. The number of piperidine rings is 1. The summed E-state index contributed by atoms with van der Waals surface area (Å²) in [5.41, 5.74) is 0. The summed E-state index contributed by atoms with van der Waals surface area (Å²) in [7, 11) is 1.83. The Kier molecular flexibility index (Phi) is 5.81. The Morgan fingerprint density at radius 2 is 1.86 bits per heavy atom. The summed E-state index contributed by atoms with van der Waals surface area (Å²) in [5, 5.41) is 0. The van der Waals surface area contributed by atoms with Crippen molar-refractivity contribution in [1.29, 1.82) is 0 Å². The van der Waals surface area contributed by atoms with Crippen LogP contribution in [0, 0.1) is 0 Å². The molecule has 1 aromatic carbocycles. The molecule has 0 unspecified atom stereocenters. The van der Waals surface area contributed by atoms with E-state index < -0.39 is 0 Å². The molecule has 1 aromatic rings. The Balaban J connectivity index is 1.70. The fourth-order valence-electron chi connectivity index (χ4n) is 2.69. The third-order valence-electron chi connectivity index (χ3n) is 4.19. The minimum atomic E-state index is 0.0843. The van der Waals surface area contributed by atoms with E-state index in [1.807, 2.05) is 42.3 Å². The molecule has 1 aliphatic rings. The maximum Gasteiger partial charge on any atom is 0.225 e. The molecule has 5 nitrogen and oxygen atoms in total. The van der Waals surface area contributed by atoms with Gasteiger partial charge in [-0.3, -0.25) is 9.59 Å². The predicted octanol–water partition coefficient (Wildman–Crippen LogP) is 1.92. The van der Waals surface area contributed by atoms with Gasteiger partial charge in [0.2, 0.25) is 11.8 Å². The summed E-state index contributed by atoms with van der Waals surface area (Å²) in [4.78, 5) is 27.2. The molecule has 120 valence electrons. The van der Waals surface area contributed by atoms with E-state index in [9.17, 15) is 9.59 Å². The monoisotopic (exact) mass is 304 g/mol. The van der Waals surface area contributed by atoms with Crippen LogP contribution in [-0.4, -0.2) is 54.4 Å². The van der Waals surface area contributed by atoms with Crippen LogP contribution in [-0.2, 0) is 9.59 Å². The SMILES string of the molecule is CC(=O)N(C)C1CCN(C(=O)CCOc2ccccc2)CC1. The van der Waals surface area contributed by atoms with E-state index >= 15 is 0 Å². The molecule has 1 heterocycles. The molecule has 0 atom stereocenters. The topological polar surface area (TPSA) is 49.9 Å². The number of rotatable bonds is 5. The van der Waals surface area contributed by atoms with Crippen LogP contribution in [0.2, 0.25) is 0 Å². The Morgan fingerprint density at radius 3 is 2.45 bits per heavy atom. The molecular weight excluding hydrogens is 280 g/mol. The van der Waals surface area contributed by atoms with Crippen LogP contribution in [0.5, 0.6) is 5.75 Å². The lowest BCUT2D eigenvalue weighted by atomic mass is 10.0. The molecule has 0 aromatic heterocycles. The normalized spacial score (nSPS) is 15.5. The zero-order valence-corrected chi connectivity index (χ0v) is 13.3. The van der Waals surface area contributed by atoms with Gasteiger partial charge in [-0.25, -0.2) is 0 Å². The summed E-state index contributed by atoms with van der Waals surface area (Å²) in [6.45, 7) is 3.41. The van der Waals surface area contributed by atoms with Gasteiger partial charge in [0.25, 0.3) is 0 Å². The fraction of sp³-hybridized carbons (Fsp3) is 0.529. The molecule has 2 amide bonds. The average molecular weight is 304 g/mol. The Labute approximate surface area is 131 Å². The molecule has 0 N–H and O–H groups in total. The molecule has 1 fully saturated rings. The maximum atomic E-state index is 12.2. The highest BCUT2D eigenvalue weighted by Gasteiger charge is 2.25. The third-order valence-corrected chi connectivity index (χ3v) is 4.19. The molecule has 2 rings (SSSR count). The van der Waals surface area contributed by atoms with Crippen LogP contribution >= 0.6 is 0 Å². The van der Waals surface area contributed by atoms with E-state index in [1.54, 1.807) is 11.8 Å². The smallest absolute Gasteiger partial charge is 0.225 e. The second kappa shape index (κ2) is 7.82. The van der Waals surface area contributed by atoms with Gasteiger partial charge in [-0.05, 0) is 25.0 Å². The van der Waals surface area contributed by atoms with Gasteiger partial charge >= 0.3 is 0 Å². The largest absolute Gasteiger partial charge is 0.493 e. The van der Waals surface area contributed by atoms with E-state index in [2.05, 4.69) is 0 Å². The highest BCUT2D eigenvalue weighted by Crippen LogP contribution is 2.16. The lowest BCUT2D eigenvalue weighted by Crippen LogP contribution is -2.47. The summed E-state index contributed by atoms with van der Waals surface area (Å²) >= 11 is 0. The number of likely N-dealkylation sites (tertiary alicyclic amines) is 1. The van der Waals surface area contributed by atoms with Gasteiger partial charge in [0, 0.05) is 33.1 Å². The maximum absolute atomic E-state index is 12.2. The van der Waals surface area contributed by atoms with Crippen molar-refractivity contribution < 1.29 is 14.3 Å². The van der Waals surface area contributed by atoms with E-state index in [-0.39, 0.29) is 17.9 Å². The van der Waals surface area contributed by atoms with Crippen LogP contribution in [0.15, 0.2) is 30.3 Å². The number of hydrogen-bond donors (Lipinski definition) is 0. The van der Waals surface area contributed by atoms with Crippen molar-refractivity contribution in [3.63, 3.8) is 0 Å². The molecular formula is C17H24N2O3. The number of ether oxygens (including phenoxy) is 1. The summed E-state index contributed by atoms with van der Waals surface area (Å²) in [6, 6.07) is 9.77. The molecule has 5 heteroatoms. The van der Waals surface area contributed by atoms with Crippen molar-refractivity contribution in [2.45, 2.75) is 32.2 Å². The molecule has 1 aliphatic heterocycles. The summed E-state index contributed by atoms with van der Waals surface area (Å²) in [6.07, 6.45) is 2.09. The van der Waals surface area contributed by atoms with Crippen molar-refractivity contribution in [3.05, 3.63) is 30.3 Å². The van der Waals surface area contributed by atoms with Gasteiger partial charge in [0.05, 0.1) is 13.0 Å². The van der Waals surface area contributed by atoms with Crippen molar-refractivity contribution in [1.82, 2.24) is 9.80 Å². The summed E-state index contributed by atoms with van der Waals surface area (Å²) < 4.78 is 5.56. The Morgan fingerprint density at radius 1 is 1.23 bits per heavy atom. The van der Waals surface area contributed by atoms with Crippen molar-refractivity contribution in [2.75, 3.05) is 26.7 Å². The number of benzene rings is 1. The molecule has 0 saturated carbocycles. The van der Waals surface area contributed by atoms with E-state index in [0.29, 0.717) is 26.1 Å². The van der Waals surface area contributed by atoms with Gasteiger partial charge in [-0.15, -0.1) is 0 Å². The lowest BCUT2D eigenvalue weighted by molar-refractivity contribution is -0.134. The van der Waals surface area contributed by atoms with E-state index in [4.69, 9.17) is 4.74 Å². The minimum absolute atomic E-state index is 0.0843. The Hall–Kier alpha value is -2.04. The average Bonchev–Trinajstić information content (AvgIpc) is 2.55. The van der Waals surface area contributed by atoms with Crippen molar-refractivity contribution in [3.8, 4) is 5.75 Å². The van der Waals surface area contributed by atoms with Gasteiger partial charge in [0.1, 0.15) is 5.75 Å². The number of amides is 2. The number of carbonyl (C=O) groups excluding carboxylic acids is 2. The number of carbonyl (C=O) groups is 2. The number of hydrogen-bond acceptors (Lipinski definition) is 3. The molecule has 0 spiro atoms. The second-order valence-electron chi connectivity index (χ2n) is 5.65. The van der Waals surface area contributed by atoms with Crippen LogP contribution in [0.25, 0.3) is 0 Å². The van der Waals surface area contributed by atoms with Crippen LogP contribution in [0.3, 0.4) is 0 Å². The third kappa shape index (κ3) is 4.48. The molecule has 1 saturated heterocycles. The van der Waals surface area contributed by atoms with E-state index in [1.165, 1.54) is 0 Å². The molecule has 0 bridgehead atoms. The van der Waals surface area contributed by atoms with Gasteiger partial charge in [0.15, 0.2) is 0 Å². The fourth-order valence-corrected chi connectivity index (χ4v) is 2.69. The first-order valence-electron chi connectivity index (χ1n) is 7.77. The summed E-state index contributed by atoms with van der Waals surface area (Å²) in [5.74, 6) is 0.998. The molecule has 22 heavy (non-hydrogen) atoms. The highest BCUT2D eigenvalue weighted by atomic mass is 16.5. The zero-order valence-electron chi connectivity index (χ0n) is 13.3. The lowest BCUT2D eigenvalue weighted by Gasteiger charge is -2.36. The zero-order chi connectivity index (χ0) is 15.9. The molecule has 0 aliphatic carbocycles. The predicted molar refractivity (Wildman–Crippen MR) is 84.6 cm³/mol. The van der Waals surface area contributed by atoms with E-state index in [0.717, 1.165) is 18.6 Å². The van der Waals surface area contributed by atoms with Crippen LogP contribution < -0.4 is 4.74 Å². The Bertz CT molecular complexity index is 496. The molecule has 0 radical (unpaired) electrons. The second-order valence-corrected chi connectivity index (χ2v) is 5.65. The van der Waals surface area contributed by atoms with Gasteiger partial charge in [-0.2, -0.15) is 0 Å². The van der Waals surface area contributed by atoms with Gasteiger partial charge < -0.3 is 14.5 Å². The first-order chi connectivity index (χ1) is 10.6. The van der Waals surface area contributed by atoms with Crippen LogP contribution in [0.4, 0.5) is 0 Å². The highest BCUT2D eigenvalue weighted by molar-refractivity contribution is 5.76. The minimum Gasteiger partial charge on any atom is -0.493 e. The van der Waals surface area contributed by atoms with Crippen LogP contribution in [0.1, 0.15) is 26.2 Å². The van der Waals surface area contributed by atoms with Crippen molar-refractivity contribution in [2.24, 2.45) is 0 Å². The van der Waals surface area contributed by atoms with Crippen molar-refractivity contribution >= 4 is 11.8 Å². The quantitative estimate of drug-likeness (QED) is 0.835. The van der Waals surface area contributed by atoms with Gasteiger partial charge in [-0.1, -0.05) is 18.2 Å².